The number of ether oxygens (including phenoxy) is 2. The first kappa shape index (κ1) is 20.2. The van der Waals surface area contributed by atoms with Crippen molar-refractivity contribution in [1.82, 2.24) is 19.7 Å². The minimum Gasteiger partial charge on any atom is -0.493 e. The molecule has 2 saturated heterocycles. The van der Waals surface area contributed by atoms with E-state index in [4.69, 9.17) is 9.47 Å². The predicted molar refractivity (Wildman–Crippen MR) is 122 cm³/mol. The van der Waals surface area contributed by atoms with Crippen LogP contribution in [-0.4, -0.2) is 58.6 Å². The number of benzene rings is 1. The second-order valence-corrected chi connectivity index (χ2v) is 9.15. The number of nitrogens with zero attached hydrogens (tertiary/aromatic N) is 5. The molecule has 0 saturated carbocycles. The number of amides is 1. The minimum absolute atomic E-state index is 0.241. The highest BCUT2D eigenvalue weighted by Crippen LogP contribution is 2.41. The summed E-state index contributed by atoms with van der Waals surface area (Å²) in [5, 5.41) is 11.2. The first-order valence-corrected chi connectivity index (χ1v) is 11.5. The standard InChI is InChI=1S/C24H26N6O3/c31-23-18-11-17(30-12-24(13-30)14-32-15-24)7-8-20(18)33-10-3-1-2-9-29-16-25-28-22(29)19-5-4-6-21(26-19)27-23/h4-8,11,16H,1-3,9-10,12-15H2,(H,26,27,31). The van der Waals surface area contributed by atoms with Gasteiger partial charge in [-0.15, -0.1) is 10.2 Å². The minimum atomic E-state index is -0.241. The van der Waals surface area contributed by atoms with E-state index < -0.39 is 0 Å². The molecule has 1 amide bonds. The smallest absolute Gasteiger partial charge is 0.260 e. The van der Waals surface area contributed by atoms with Gasteiger partial charge < -0.3 is 24.3 Å². The Hall–Kier alpha value is -3.46. The van der Waals surface area contributed by atoms with E-state index in [1.54, 1.807) is 12.4 Å². The molecule has 0 unspecified atom stereocenters. The van der Waals surface area contributed by atoms with Crippen LogP contribution in [-0.2, 0) is 11.3 Å². The zero-order valence-corrected chi connectivity index (χ0v) is 18.4. The number of nitrogens with one attached hydrogen (secondary N) is 1. The van der Waals surface area contributed by atoms with Gasteiger partial charge in [-0.05, 0) is 49.6 Å². The van der Waals surface area contributed by atoms with E-state index in [-0.39, 0.29) is 5.91 Å². The van der Waals surface area contributed by atoms with Gasteiger partial charge in [0.1, 0.15) is 23.6 Å². The Kier molecular flexibility index (Phi) is 4.98. The van der Waals surface area contributed by atoms with Crippen molar-refractivity contribution in [2.45, 2.75) is 25.8 Å². The molecule has 0 aliphatic carbocycles. The number of aromatic nitrogens is 4. The molecule has 3 aliphatic heterocycles. The molecule has 2 fully saturated rings. The summed E-state index contributed by atoms with van der Waals surface area (Å²) >= 11 is 0. The molecular formula is C24H26N6O3. The van der Waals surface area contributed by atoms with Crippen LogP contribution in [0.1, 0.15) is 29.6 Å². The number of fused-ring (bicyclic) bond motifs is 5. The lowest BCUT2D eigenvalue weighted by Gasteiger charge is -2.56. The first-order chi connectivity index (χ1) is 16.2. The fourth-order valence-electron chi connectivity index (χ4n) is 4.71. The molecule has 2 aromatic heterocycles. The molecule has 0 atom stereocenters. The third kappa shape index (κ3) is 3.82. The van der Waals surface area contributed by atoms with Crippen LogP contribution < -0.4 is 15.0 Å². The Balaban J connectivity index is 1.31. The highest BCUT2D eigenvalue weighted by atomic mass is 16.5. The van der Waals surface area contributed by atoms with Gasteiger partial charge in [0, 0.05) is 25.3 Å². The van der Waals surface area contributed by atoms with Crippen molar-refractivity contribution in [2.75, 3.05) is 43.1 Å². The van der Waals surface area contributed by atoms with Crippen LogP contribution in [0.2, 0.25) is 0 Å². The molecule has 33 heavy (non-hydrogen) atoms. The maximum atomic E-state index is 13.3. The zero-order valence-electron chi connectivity index (χ0n) is 18.4. The van der Waals surface area contributed by atoms with Gasteiger partial charge in [-0.25, -0.2) is 4.98 Å². The SMILES string of the molecule is O=C1Nc2cccc(n2)-c2nncn2CCCCCOc2ccc(N3CC4(COC4)C3)cc21. The van der Waals surface area contributed by atoms with Gasteiger partial charge in [-0.2, -0.15) is 0 Å². The van der Waals surface area contributed by atoms with Crippen LogP contribution in [0.3, 0.4) is 0 Å². The van der Waals surface area contributed by atoms with E-state index in [1.807, 2.05) is 34.9 Å². The molecule has 9 heteroatoms. The third-order valence-electron chi connectivity index (χ3n) is 6.58. The lowest BCUT2D eigenvalue weighted by atomic mass is 9.77. The van der Waals surface area contributed by atoms with Gasteiger partial charge in [-0.1, -0.05) is 6.07 Å². The quantitative estimate of drug-likeness (QED) is 0.614. The summed E-state index contributed by atoms with van der Waals surface area (Å²) in [7, 11) is 0. The molecular weight excluding hydrogens is 420 g/mol. The van der Waals surface area contributed by atoms with Gasteiger partial charge in [0.05, 0.1) is 30.8 Å². The average Bonchev–Trinajstić information content (AvgIpc) is 3.23. The van der Waals surface area contributed by atoms with Crippen LogP contribution in [0.4, 0.5) is 11.5 Å². The van der Waals surface area contributed by atoms with Crippen LogP contribution in [0.25, 0.3) is 11.5 Å². The van der Waals surface area contributed by atoms with Crippen molar-refractivity contribution in [3.63, 3.8) is 0 Å². The fraction of sp³-hybridized carbons (Fsp3) is 0.417. The van der Waals surface area contributed by atoms with Gasteiger partial charge in [0.15, 0.2) is 5.82 Å². The maximum absolute atomic E-state index is 13.3. The third-order valence-corrected chi connectivity index (χ3v) is 6.58. The molecule has 5 heterocycles. The number of anilines is 2. The van der Waals surface area contributed by atoms with Crippen molar-refractivity contribution in [2.24, 2.45) is 5.41 Å². The van der Waals surface area contributed by atoms with Crippen LogP contribution in [0, 0.1) is 5.41 Å². The predicted octanol–water partition coefficient (Wildman–Crippen LogP) is 2.99. The summed E-state index contributed by atoms with van der Waals surface area (Å²) in [4.78, 5) is 20.2. The van der Waals surface area contributed by atoms with E-state index in [2.05, 4.69) is 25.4 Å². The first-order valence-electron chi connectivity index (χ1n) is 11.5. The number of hydrogen-bond donors (Lipinski definition) is 1. The highest BCUT2D eigenvalue weighted by Gasteiger charge is 2.49. The van der Waals surface area contributed by atoms with Crippen LogP contribution in [0.15, 0.2) is 42.7 Å². The summed E-state index contributed by atoms with van der Waals surface area (Å²) in [6.07, 6.45) is 4.62. The molecule has 170 valence electrons. The van der Waals surface area contributed by atoms with Crippen molar-refractivity contribution < 1.29 is 14.3 Å². The zero-order chi connectivity index (χ0) is 22.3. The Labute approximate surface area is 191 Å². The molecule has 1 aromatic carbocycles. The second-order valence-electron chi connectivity index (χ2n) is 9.15. The van der Waals surface area contributed by atoms with Crippen molar-refractivity contribution in [3.8, 4) is 17.3 Å². The van der Waals surface area contributed by atoms with Crippen LogP contribution in [0.5, 0.6) is 5.75 Å². The number of carbonyl (C=O) groups is 1. The Bertz CT molecular complexity index is 1180. The number of hydrogen-bond acceptors (Lipinski definition) is 7. The molecule has 1 spiro atoms. The maximum Gasteiger partial charge on any atom is 0.260 e. The topological polar surface area (TPSA) is 94.4 Å². The summed E-state index contributed by atoms with van der Waals surface area (Å²) in [6.45, 7) is 4.94. The summed E-state index contributed by atoms with van der Waals surface area (Å²) in [5.74, 6) is 1.52. The van der Waals surface area contributed by atoms with Gasteiger partial charge in [-0.3, -0.25) is 4.79 Å². The van der Waals surface area contributed by atoms with E-state index in [0.717, 1.165) is 57.8 Å². The average molecular weight is 447 g/mol. The number of rotatable bonds is 1. The molecule has 3 aliphatic rings. The monoisotopic (exact) mass is 446 g/mol. The second kappa shape index (κ2) is 8.15. The van der Waals surface area contributed by atoms with E-state index in [0.29, 0.717) is 40.7 Å². The number of carbonyl (C=O) groups excluding carboxylic acids is 1. The Morgan fingerprint density at radius 1 is 1.06 bits per heavy atom. The lowest BCUT2D eigenvalue weighted by molar-refractivity contribution is -0.127. The highest BCUT2D eigenvalue weighted by molar-refractivity contribution is 6.06. The molecule has 3 aromatic rings. The van der Waals surface area contributed by atoms with Crippen molar-refractivity contribution >= 4 is 17.4 Å². The van der Waals surface area contributed by atoms with Crippen LogP contribution >= 0.6 is 0 Å². The molecule has 9 nitrogen and oxygen atoms in total. The van der Waals surface area contributed by atoms with E-state index in [1.165, 1.54) is 0 Å². The molecule has 2 bridgehead atoms. The molecule has 6 rings (SSSR count). The van der Waals surface area contributed by atoms with Crippen molar-refractivity contribution in [3.05, 3.63) is 48.3 Å². The molecule has 1 N–H and O–H groups in total. The van der Waals surface area contributed by atoms with E-state index >= 15 is 0 Å². The normalized spacial score (nSPS) is 19.6. The number of pyridine rings is 1. The summed E-state index contributed by atoms with van der Waals surface area (Å²) < 4.78 is 13.4. The van der Waals surface area contributed by atoms with Gasteiger partial charge in [0.2, 0.25) is 0 Å². The van der Waals surface area contributed by atoms with Crippen molar-refractivity contribution in [1.29, 1.82) is 0 Å². The van der Waals surface area contributed by atoms with E-state index in [9.17, 15) is 4.79 Å². The summed E-state index contributed by atoms with van der Waals surface area (Å²) in [5.41, 5.74) is 2.52. The number of aryl methyl sites for hydroxylation is 1. The van der Waals surface area contributed by atoms with Gasteiger partial charge >= 0.3 is 0 Å². The largest absolute Gasteiger partial charge is 0.493 e. The fourth-order valence-corrected chi connectivity index (χ4v) is 4.71. The Morgan fingerprint density at radius 3 is 2.82 bits per heavy atom. The van der Waals surface area contributed by atoms with Gasteiger partial charge in [0.25, 0.3) is 5.91 Å². The summed E-state index contributed by atoms with van der Waals surface area (Å²) in [6, 6.07) is 11.4. The Morgan fingerprint density at radius 2 is 1.97 bits per heavy atom. The lowest BCUT2D eigenvalue weighted by Crippen LogP contribution is -2.66. The molecule has 0 radical (unpaired) electrons.